The van der Waals surface area contributed by atoms with E-state index in [0.29, 0.717) is 17.5 Å². The maximum Gasteiger partial charge on any atom is 0.203 e. The number of anilines is 1. The van der Waals surface area contributed by atoms with Crippen LogP contribution in [0.2, 0.25) is 5.02 Å². The van der Waals surface area contributed by atoms with E-state index >= 15 is 0 Å². The SMILES string of the molecule is CC[C@H](C)Oc1ccc(NC2=NCOOCN2Cc2ccc(Cl)cc2)cc1C. The predicted octanol–water partition coefficient (Wildman–Crippen LogP) is 4.97. The molecule has 1 atom stereocenters. The molecule has 1 N–H and O–H groups in total. The van der Waals surface area contributed by atoms with Crippen molar-refractivity contribution in [3.8, 4) is 5.75 Å². The number of guanidine groups is 1. The molecule has 0 fully saturated rings. The van der Waals surface area contributed by atoms with Crippen molar-refractivity contribution in [3.05, 3.63) is 58.6 Å². The maximum atomic E-state index is 5.98. The third-order valence-corrected chi connectivity index (χ3v) is 4.73. The fourth-order valence-corrected chi connectivity index (χ4v) is 2.85. The second kappa shape index (κ2) is 9.78. The largest absolute Gasteiger partial charge is 0.490 e. The van der Waals surface area contributed by atoms with Gasteiger partial charge in [0.05, 0.1) is 6.10 Å². The Morgan fingerprint density at radius 1 is 1.21 bits per heavy atom. The minimum absolute atomic E-state index is 0.133. The smallest absolute Gasteiger partial charge is 0.203 e. The van der Waals surface area contributed by atoms with Gasteiger partial charge in [0.2, 0.25) is 5.96 Å². The molecule has 0 aromatic heterocycles. The monoisotopic (exact) mass is 403 g/mol. The topological polar surface area (TPSA) is 55.3 Å². The van der Waals surface area contributed by atoms with E-state index in [4.69, 9.17) is 26.1 Å². The molecule has 0 saturated carbocycles. The van der Waals surface area contributed by atoms with Crippen LogP contribution in [0, 0.1) is 6.92 Å². The van der Waals surface area contributed by atoms with Crippen molar-refractivity contribution >= 4 is 23.2 Å². The van der Waals surface area contributed by atoms with Gasteiger partial charge in [-0.15, -0.1) is 0 Å². The van der Waals surface area contributed by atoms with Gasteiger partial charge in [0.25, 0.3) is 0 Å². The number of ether oxygens (including phenoxy) is 1. The molecule has 0 saturated heterocycles. The van der Waals surface area contributed by atoms with E-state index in [1.165, 1.54) is 0 Å². The van der Waals surface area contributed by atoms with Crippen LogP contribution in [0.3, 0.4) is 0 Å². The summed E-state index contributed by atoms with van der Waals surface area (Å²) in [5.41, 5.74) is 3.09. The summed E-state index contributed by atoms with van der Waals surface area (Å²) in [4.78, 5) is 16.7. The zero-order valence-corrected chi connectivity index (χ0v) is 17.2. The lowest BCUT2D eigenvalue weighted by Crippen LogP contribution is -2.36. The predicted molar refractivity (Wildman–Crippen MR) is 112 cm³/mol. The van der Waals surface area contributed by atoms with E-state index in [1.807, 2.05) is 54.3 Å². The highest BCUT2D eigenvalue weighted by atomic mass is 35.5. The Morgan fingerprint density at radius 2 is 2.00 bits per heavy atom. The molecule has 0 spiro atoms. The van der Waals surface area contributed by atoms with Gasteiger partial charge in [-0.1, -0.05) is 30.7 Å². The lowest BCUT2D eigenvalue weighted by atomic mass is 10.2. The number of halogens is 1. The van der Waals surface area contributed by atoms with Crippen LogP contribution in [0.4, 0.5) is 5.69 Å². The fraction of sp³-hybridized carbons (Fsp3) is 0.381. The summed E-state index contributed by atoms with van der Waals surface area (Å²) >= 11 is 5.98. The van der Waals surface area contributed by atoms with Gasteiger partial charge in [0, 0.05) is 17.3 Å². The van der Waals surface area contributed by atoms with E-state index < -0.39 is 0 Å². The van der Waals surface area contributed by atoms with Crippen LogP contribution >= 0.6 is 11.6 Å². The third kappa shape index (κ3) is 5.61. The number of rotatable bonds is 6. The zero-order valence-electron chi connectivity index (χ0n) is 16.4. The second-order valence-electron chi connectivity index (χ2n) is 6.74. The molecule has 2 aromatic carbocycles. The number of benzene rings is 2. The lowest BCUT2D eigenvalue weighted by molar-refractivity contribution is -0.304. The first-order chi connectivity index (χ1) is 13.5. The first-order valence-corrected chi connectivity index (χ1v) is 9.75. The minimum atomic E-state index is 0.133. The fourth-order valence-electron chi connectivity index (χ4n) is 2.72. The van der Waals surface area contributed by atoms with E-state index in [1.54, 1.807) is 0 Å². The quantitative estimate of drug-likeness (QED) is 0.690. The van der Waals surface area contributed by atoms with Crippen molar-refractivity contribution in [2.45, 2.75) is 39.8 Å². The molecular formula is C21H26ClN3O3. The highest BCUT2D eigenvalue weighted by Gasteiger charge is 2.17. The molecule has 6 nitrogen and oxygen atoms in total. The van der Waals surface area contributed by atoms with Gasteiger partial charge in [0.15, 0.2) is 13.5 Å². The van der Waals surface area contributed by atoms with Gasteiger partial charge in [-0.05, 0) is 61.7 Å². The van der Waals surface area contributed by atoms with E-state index in [2.05, 4.69) is 24.2 Å². The Hall–Kier alpha value is -2.28. The summed E-state index contributed by atoms with van der Waals surface area (Å²) in [6.07, 6.45) is 1.16. The maximum absolute atomic E-state index is 5.98. The summed E-state index contributed by atoms with van der Waals surface area (Å²) in [6.45, 7) is 7.23. The summed E-state index contributed by atoms with van der Waals surface area (Å²) < 4.78 is 5.95. The minimum Gasteiger partial charge on any atom is -0.490 e. The van der Waals surface area contributed by atoms with Crippen molar-refractivity contribution in [2.75, 3.05) is 18.8 Å². The van der Waals surface area contributed by atoms with Crippen LogP contribution in [0.15, 0.2) is 47.5 Å². The molecule has 0 radical (unpaired) electrons. The molecule has 2 aromatic rings. The number of hydrogen-bond acceptors (Lipinski definition) is 6. The van der Waals surface area contributed by atoms with Gasteiger partial charge in [-0.25, -0.2) is 14.8 Å². The van der Waals surface area contributed by atoms with Gasteiger partial charge in [-0.2, -0.15) is 0 Å². The van der Waals surface area contributed by atoms with Crippen LogP contribution in [0.25, 0.3) is 0 Å². The van der Waals surface area contributed by atoms with Gasteiger partial charge >= 0.3 is 0 Å². The zero-order chi connectivity index (χ0) is 19.9. The van der Waals surface area contributed by atoms with Crippen LogP contribution < -0.4 is 10.1 Å². The van der Waals surface area contributed by atoms with Crippen molar-refractivity contribution < 1.29 is 14.5 Å². The first kappa shape index (κ1) is 20.5. The van der Waals surface area contributed by atoms with Crippen LogP contribution in [0.5, 0.6) is 5.75 Å². The standard InChI is InChI=1S/C21H26ClN3O3/c1-4-16(3)28-20-10-9-19(11-15(20)2)24-21-23-13-26-27-14-25(21)12-17-5-7-18(22)8-6-17/h5-11,16H,4,12-14H2,1-3H3,(H,23,24)/t16-/m0/s1. The summed E-state index contributed by atoms with van der Waals surface area (Å²) in [7, 11) is 0. The lowest BCUT2D eigenvalue weighted by Gasteiger charge is -2.24. The molecule has 1 aliphatic rings. The van der Waals surface area contributed by atoms with E-state index in [9.17, 15) is 0 Å². The van der Waals surface area contributed by atoms with Crippen molar-refractivity contribution in [2.24, 2.45) is 4.99 Å². The van der Waals surface area contributed by atoms with Crippen molar-refractivity contribution in [3.63, 3.8) is 0 Å². The number of aliphatic imine (C=N–C) groups is 1. The molecule has 150 valence electrons. The summed E-state index contributed by atoms with van der Waals surface area (Å²) in [5, 5.41) is 4.08. The average molecular weight is 404 g/mol. The highest BCUT2D eigenvalue weighted by molar-refractivity contribution is 6.30. The van der Waals surface area contributed by atoms with Crippen LogP contribution in [-0.4, -0.2) is 30.4 Å². The average Bonchev–Trinajstić information content (AvgIpc) is 2.91. The summed E-state index contributed by atoms with van der Waals surface area (Å²) in [5.74, 6) is 1.58. The Balaban J connectivity index is 1.73. The van der Waals surface area contributed by atoms with Gasteiger partial charge in [-0.3, -0.25) is 0 Å². The molecule has 0 aliphatic carbocycles. The molecule has 1 heterocycles. The van der Waals surface area contributed by atoms with Crippen molar-refractivity contribution in [1.29, 1.82) is 0 Å². The molecule has 0 amide bonds. The first-order valence-electron chi connectivity index (χ1n) is 9.37. The van der Waals surface area contributed by atoms with Crippen LogP contribution in [-0.2, 0) is 16.3 Å². The highest BCUT2D eigenvalue weighted by Crippen LogP contribution is 2.24. The van der Waals surface area contributed by atoms with Crippen LogP contribution in [0.1, 0.15) is 31.4 Å². The number of aryl methyl sites for hydroxylation is 1. The van der Waals surface area contributed by atoms with Gasteiger partial charge in [0.1, 0.15) is 5.75 Å². The van der Waals surface area contributed by atoms with Gasteiger partial charge < -0.3 is 15.0 Å². The Bertz CT molecular complexity index is 811. The molecule has 7 heteroatoms. The number of hydrogen-bond donors (Lipinski definition) is 1. The molecule has 28 heavy (non-hydrogen) atoms. The van der Waals surface area contributed by atoms with E-state index in [-0.39, 0.29) is 19.6 Å². The molecule has 1 aliphatic heterocycles. The van der Waals surface area contributed by atoms with Crippen molar-refractivity contribution in [1.82, 2.24) is 4.90 Å². The third-order valence-electron chi connectivity index (χ3n) is 4.48. The Morgan fingerprint density at radius 3 is 2.71 bits per heavy atom. The summed E-state index contributed by atoms with van der Waals surface area (Å²) in [6, 6.07) is 13.7. The number of nitrogens with zero attached hydrogens (tertiary/aromatic N) is 2. The normalized spacial score (nSPS) is 15.6. The molecule has 3 rings (SSSR count). The molecule has 0 bridgehead atoms. The Labute approximate surface area is 171 Å². The molecule has 0 unspecified atom stereocenters. The Kier molecular flexibility index (Phi) is 7.14. The second-order valence-corrected chi connectivity index (χ2v) is 7.18. The number of nitrogens with one attached hydrogen (secondary N) is 1. The van der Waals surface area contributed by atoms with E-state index in [0.717, 1.165) is 29.0 Å². The molecular weight excluding hydrogens is 378 g/mol.